The number of methoxy groups -OCH3 is 1. The van der Waals surface area contributed by atoms with Crippen molar-refractivity contribution >= 4 is 23.2 Å². The van der Waals surface area contributed by atoms with E-state index in [4.69, 9.17) is 13.6 Å². The first-order valence-corrected chi connectivity index (χ1v) is 11.1. The highest BCUT2D eigenvalue weighted by Gasteiger charge is 2.21. The topological polar surface area (TPSA) is 88.2 Å². The van der Waals surface area contributed by atoms with Gasteiger partial charge < -0.3 is 28.7 Å². The maximum absolute atomic E-state index is 13.5. The third kappa shape index (κ3) is 5.73. The van der Waals surface area contributed by atoms with Crippen LogP contribution >= 0.6 is 0 Å². The lowest BCUT2D eigenvalue weighted by molar-refractivity contribution is 0.0717. The number of rotatable bonds is 9. The second-order valence-electron chi connectivity index (χ2n) is 8.14. The van der Waals surface area contributed by atoms with Crippen LogP contribution in [0.1, 0.15) is 32.2 Å². The Kier molecular flexibility index (Phi) is 7.21. The van der Waals surface area contributed by atoms with Crippen molar-refractivity contribution in [2.24, 2.45) is 0 Å². The summed E-state index contributed by atoms with van der Waals surface area (Å²) in [6.07, 6.45) is 3.04. The average molecular weight is 474 g/mol. The second-order valence-corrected chi connectivity index (χ2v) is 8.14. The van der Waals surface area contributed by atoms with E-state index in [0.29, 0.717) is 29.3 Å². The molecule has 0 aliphatic rings. The van der Waals surface area contributed by atoms with Crippen LogP contribution in [0, 0.1) is 0 Å². The SMILES string of the molecule is COc1ccc(C(=O)N(Cc2ccco2)Cc2cc(NC(=O)c3ccco3)ccc2N(C)C)cc1. The Labute approximate surface area is 203 Å². The minimum Gasteiger partial charge on any atom is -0.497 e. The Morgan fingerprint density at radius 1 is 0.914 bits per heavy atom. The molecule has 1 N–H and O–H groups in total. The van der Waals surface area contributed by atoms with Crippen LogP contribution in [-0.4, -0.2) is 37.9 Å². The molecule has 2 aromatic heterocycles. The molecule has 0 radical (unpaired) electrons. The Morgan fingerprint density at radius 3 is 2.29 bits per heavy atom. The third-order valence-electron chi connectivity index (χ3n) is 5.48. The average Bonchev–Trinajstić information content (AvgIpc) is 3.58. The van der Waals surface area contributed by atoms with Crippen molar-refractivity contribution in [3.8, 4) is 5.75 Å². The molecule has 0 aliphatic carbocycles. The number of hydrogen-bond acceptors (Lipinski definition) is 6. The number of nitrogens with zero attached hydrogens (tertiary/aromatic N) is 2. The molecular formula is C27H27N3O5. The van der Waals surface area contributed by atoms with E-state index < -0.39 is 0 Å². The minimum absolute atomic E-state index is 0.154. The van der Waals surface area contributed by atoms with Crippen LogP contribution in [0.4, 0.5) is 11.4 Å². The van der Waals surface area contributed by atoms with Crippen molar-refractivity contribution in [2.75, 3.05) is 31.4 Å². The molecule has 0 aliphatic heterocycles. The Balaban J connectivity index is 1.64. The number of amides is 2. The van der Waals surface area contributed by atoms with Gasteiger partial charge in [0.15, 0.2) is 5.76 Å². The summed E-state index contributed by atoms with van der Waals surface area (Å²) in [5.41, 5.74) is 2.92. The fourth-order valence-corrected chi connectivity index (χ4v) is 3.74. The summed E-state index contributed by atoms with van der Waals surface area (Å²) in [6.45, 7) is 0.581. The van der Waals surface area contributed by atoms with Crippen LogP contribution < -0.4 is 15.0 Å². The summed E-state index contributed by atoms with van der Waals surface area (Å²) >= 11 is 0. The lowest BCUT2D eigenvalue weighted by Crippen LogP contribution is -2.30. The predicted molar refractivity (Wildman–Crippen MR) is 133 cm³/mol. The number of carbonyl (C=O) groups is 2. The van der Waals surface area contributed by atoms with Crippen LogP contribution in [0.3, 0.4) is 0 Å². The Hall–Kier alpha value is -4.46. The fraction of sp³-hybridized carbons (Fsp3) is 0.185. The summed E-state index contributed by atoms with van der Waals surface area (Å²) in [6, 6.07) is 19.5. The van der Waals surface area contributed by atoms with Crippen LogP contribution in [0.2, 0.25) is 0 Å². The van der Waals surface area contributed by atoms with E-state index >= 15 is 0 Å². The first-order chi connectivity index (χ1) is 16.9. The quantitative estimate of drug-likeness (QED) is 0.366. The number of anilines is 2. The molecule has 0 saturated carbocycles. The number of nitrogens with one attached hydrogen (secondary N) is 1. The van der Waals surface area contributed by atoms with Gasteiger partial charge in [0.25, 0.3) is 11.8 Å². The number of furan rings is 2. The van der Waals surface area contributed by atoms with Crippen LogP contribution in [0.15, 0.2) is 88.1 Å². The van der Waals surface area contributed by atoms with Crippen LogP contribution in [0.5, 0.6) is 5.75 Å². The molecule has 35 heavy (non-hydrogen) atoms. The van der Waals surface area contributed by atoms with Gasteiger partial charge in [0, 0.05) is 37.6 Å². The highest BCUT2D eigenvalue weighted by Crippen LogP contribution is 2.27. The lowest BCUT2D eigenvalue weighted by atomic mass is 10.1. The van der Waals surface area contributed by atoms with E-state index in [-0.39, 0.29) is 24.1 Å². The smallest absolute Gasteiger partial charge is 0.291 e. The van der Waals surface area contributed by atoms with Crippen LogP contribution in [0.25, 0.3) is 0 Å². The molecule has 0 unspecified atom stereocenters. The molecule has 4 rings (SSSR count). The van der Waals surface area contributed by atoms with Gasteiger partial charge in [-0.3, -0.25) is 9.59 Å². The summed E-state index contributed by atoms with van der Waals surface area (Å²) in [7, 11) is 5.45. The van der Waals surface area contributed by atoms with E-state index in [1.54, 1.807) is 60.7 Å². The zero-order chi connectivity index (χ0) is 24.8. The van der Waals surface area contributed by atoms with Crippen LogP contribution in [-0.2, 0) is 13.1 Å². The third-order valence-corrected chi connectivity index (χ3v) is 5.48. The molecule has 4 aromatic rings. The van der Waals surface area contributed by atoms with Crippen molar-refractivity contribution in [1.29, 1.82) is 0 Å². The number of hydrogen-bond donors (Lipinski definition) is 1. The maximum atomic E-state index is 13.5. The van der Waals surface area contributed by atoms with Gasteiger partial charge in [0.2, 0.25) is 0 Å². The monoisotopic (exact) mass is 473 g/mol. The maximum Gasteiger partial charge on any atom is 0.291 e. The van der Waals surface area contributed by atoms with E-state index in [9.17, 15) is 9.59 Å². The molecule has 0 atom stereocenters. The second kappa shape index (κ2) is 10.6. The number of carbonyl (C=O) groups excluding carboxylic acids is 2. The molecule has 2 aromatic carbocycles. The Morgan fingerprint density at radius 2 is 1.66 bits per heavy atom. The molecule has 2 amide bonds. The highest BCUT2D eigenvalue weighted by molar-refractivity contribution is 6.02. The highest BCUT2D eigenvalue weighted by atomic mass is 16.5. The number of benzene rings is 2. The summed E-state index contributed by atoms with van der Waals surface area (Å²) in [5, 5.41) is 2.86. The van der Waals surface area contributed by atoms with Gasteiger partial charge in [-0.15, -0.1) is 0 Å². The van der Waals surface area contributed by atoms with Crippen molar-refractivity contribution < 1.29 is 23.2 Å². The first kappa shape index (κ1) is 23.7. The zero-order valence-corrected chi connectivity index (χ0v) is 19.9. The van der Waals surface area contributed by atoms with Gasteiger partial charge in [-0.2, -0.15) is 0 Å². The van der Waals surface area contributed by atoms with Gasteiger partial charge in [0.05, 0.1) is 26.2 Å². The van der Waals surface area contributed by atoms with E-state index in [1.165, 1.54) is 6.26 Å². The molecule has 0 fully saturated rings. The zero-order valence-electron chi connectivity index (χ0n) is 19.9. The van der Waals surface area contributed by atoms with Crippen molar-refractivity contribution in [3.63, 3.8) is 0 Å². The van der Waals surface area contributed by atoms with Gasteiger partial charge in [-0.1, -0.05) is 0 Å². The molecule has 0 saturated heterocycles. The van der Waals surface area contributed by atoms with Gasteiger partial charge in [0.1, 0.15) is 11.5 Å². The molecule has 8 heteroatoms. The van der Waals surface area contributed by atoms with E-state index in [2.05, 4.69) is 5.32 Å². The van der Waals surface area contributed by atoms with E-state index in [0.717, 1.165) is 11.3 Å². The summed E-state index contributed by atoms with van der Waals surface area (Å²) < 4.78 is 15.9. The normalized spacial score (nSPS) is 10.6. The number of ether oxygens (including phenoxy) is 1. The van der Waals surface area contributed by atoms with Crippen molar-refractivity contribution in [1.82, 2.24) is 4.90 Å². The molecular weight excluding hydrogens is 446 g/mol. The molecule has 0 spiro atoms. The fourth-order valence-electron chi connectivity index (χ4n) is 3.74. The first-order valence-electron chi connectivity index (χ1n) is 11.1. The summed E-state index contributed by atoms with van der Waals surface area (Å²) in [5.74, 6) is 1.06. The molecule has 180 valence electrons. The standard InChI is InChI=1S/C27H27N3O5/c1-29(2)24-13-10-21(28-26(31)25-7-5-15-35-25)16-20(24)17-30(18-23-6-4-14-34-23)27(32)19-8-11-22(33-3)12-9-19/h4-16H,17-18H2,1-3H3,(H,28,31). The molecule has 2 heterocycles. The molecule has 8 nitrogen and oxygen atoms in total. The van der Waals surface area contributed by atoms with Crippen molar-refractivity contribution in [2.45, 2.75) is 13.1 Å². The lowest BCUT2D eigenvalue weighted by Gasteiger charge is -2.26. The Bertz CT molecular complexity index is 1260. The minimum atomic E-state index is -0.347. The molecule has 0 bridgehead atoms. The van der Waals surface area contributed by atoms with Gasteiger partial charge in [-0.25, -0.2) is 0 Å². The summed E-state index contributed by atoms with van der Waals surface area (Å²) in [4.78, 5) is 29.7. The van der Waals surface area contributed by atoms with Gasteiger partial charge in [-0.05, 0) is 72.3 Å². The van der Waals surface area contributed by atoms with Gasteiger partial charge >= 0.3 is 0 Å². The largest absolute Gasteiger partial charge is 0.497 e. The predicted octanol–water partition coefficient (Wildman–Crippen LogP) is 5.04. The van der Waals surface area contributed by atoms with Crippen molar-refractivity contribution in [3.05, 3.63) is 102 Å². The van der Waals surface area contributed by atoms with E-state index in [1.807, 2.05) is 43.3 Å².